The fraction of sp³-hybridized carbons (Fsp3) is 0.789. The van der Waals surface area contributed by atoms with E-state index in [1.165, 1.54) is 32.4 Å². The monoisotopic (exact) mass is 381 g/mol. The summed E-state index contributed by atoms with van der Waals surface area (Å²) in [5.74, 6) is 1.61. The van der Waals surface area contributed by atoms with Crippen molar-refractivity contribution >= 4 is 18.3 Å². The fourth-order valence-electron chi connectivity index (χ4n) is 4.56. The van der Waals surface area contributed by atoms with Gasteiger partial charge >= 0.3 is 0 Å². The summed E-state index contributed by atoms with van der Waals surface area (Å²) in [7, 11) is 0. The summed E-state index contributed by atoms with van der Waals surface area (Å²) in [5.41, 5.74) is 2.87. The molecular formula is C19H32ClN5O. The zero-order chi connectivity index (χ0) is 17.2. The molecule has 1 atom stereocenters. The number of piperidine rings is 2. The maximum absolute atomic E-state index is 13.0. The van der Waals surface area contributed by atoms with Crippen molar-refractivity contribution in [3.63, 3.8) is 0 Å². The van der Waals surface area contributed by atoms with Gasteiger partial charge in [-0.05, 0) is 50.6 Å². The zero-order valence-corrected chi connectivity index (χ0v) is 16.6. The van der Waals surface area contributed by atoms with Gasteiger partial charge in [0.05, 0.1) is 0 Å². The van der Waals surface area contributed by atoms with Crippen LogP contribution in [0.5, 0.6) is 0 Å². The van der Waals surface area contributed by atoms with Crippen LogP contribution in [0.25, 0.3) is 0 Å². The molecule has 1 amide bonds. The molecule has 4 heterocycles. The van der Waals surface area contributed by atoms with E-state index in [0.29, 0.717) is 11.6 Å². The highest BCUT2D eigenvalue weighted by atomic mass is 35.5. The van der Waals surface area contributed by atoms with Gasteiger partial charge in [0, 0.05) is 50.4 Å². The van der Waals surface area contributed by atoms with E-state index in [4.69, 9.17) is 0 Å². The number of likely N-dealkylation sites (tertiary alicyclic amines) is 2. The first-order valence-corrected chi connectivity index (χ1v) is 9.99. The SMILES string of the molecule is CC1CCN(CC2CCCN(C(=O)c3n[nH]c4c3CNCC4)C2)CC1.Cl. The summed E-state index contributed by atoms with van der Waals surface area (Å²) in [6, 6.07) is 0. The largest absolute Gasteiger partial charge is 0.337 e. The number of halogens is 1. The van der Waals surface area contributed by atoms with E-state index in [9.17, 15) is 4.79 Å². The molecule has 0 aliphatic carbocycles. The summed E-state index contributed by atoms with van der Waals surface area (Å²) in [6.07, 6.45) is 5.94. The van der Waals surface area contributed by atoms with E-state index in [1.807, 2.05) is 4.90 Å². The van der Waals surface area contributed by atoms with Gasteiger partial charge < -0.3 is 15.1 Å². The lowest BCUT2D eigenvalue weighted by Gasteiger charge is -2.37. The van der Waals surface area contributed by atoms with Crippen molar-refractivity contribution in [2.45, 2.75) is 45.6 Å². The van der Waals surface area contributed by atoms with Gasteiger partial charge in [0.1, 0.15) is 0 Å². The molecule has 3 aliphatic heterocycles. The van der Waals surface area contributed by atoms with Crippen LogP contribution in [0.2, 0.25) is 0 Å². The number of aromatic amines is 1. The number of H-pyrrole nitrogens is 1. The van der Waals surface area contributed by atoms with Gasteiger partial charge in [0.15, 0.2) is 5.69 Å². The molecule has 146 valence electrons. The van der Waals surface area contributed by atoms with E-state index in [2.05, 4.69) is 27.3 Å². The van der Waals surface area contributed by atoms with Gasteiger partial charge in [-0.1, -0.05) is 6.92 Å². The summed E-state index contributed by atoms with van der Waals surface area (Å²) in [6.45, 7) is 9.45. The zero-order valence-electron chi connectivity index (χ0n) is 15.8. The number of hydrogen-bond acceptors (Lipinski definition) is 4. The highest BCUT2D eigenvalue weighted by Gasteiger charge is 2.30. The minimum Gasteiger partial charge on any atom is -0.337 e. The molecule has 0 spiro atoms. The Morgan fingerprint density at radius 1 is 1.23 bits per heavy atom. The van der Waals surface area contributed by atoms with E-state index in [1.54, 1.807) is 0 Å². The Bertz CT molecular complexity index is 611. The lowest BCUT2D eigenvalue weighted by molar-refractivity contribution is 0.0615. The third-order valence-corrected chi connectivity index (χ3v) is 6.21. The first kappa shape index (κ1) is 19.6. The molecule has 0 bridgehead atoms. The molecule has 0 aromatic carbocycles. The molecule has 1 aromatic heterocycles. The van der Waals surface area contributed by atoms with Crippen molar-refractivity contribution in [3.05, 3.63) is 17.0 Å². The van der Waals surface area contributed by atoms with Crippen LogP contribution >= 0.6 is 12.4 Å². The Kier molecular flexibility index (Phi) is 6.59. The van der Waals surface area contributed by atoms with Crippen molar-refractivity contribution in [2.24, 2.45) is 11.8 Å². The number of amides is 1. The van der Waals surface area contributed by atoms with Gasteiger partial charge in [-0.25, -0.2) is 0 Å². The van der Waals surface area contributed by atoms with Crippen molar-refractivity contribution in [3.8, 4) is 0 Å². The van der Waals surface area contributed by atoms with Crippen LogP contribution in [-0.2, 0) is 13.0 Å². The average molecular weight is 382 g/mol. The van der Waals surface area contributed by atoms with Gasteiger partial charge in [-0.2, -0.15) is 5.10 Å². The number of fused-ring (bicyclic) bond motifs is 1. The number of nitrogens with zero attached hydrogens (tertiary/aromatic N) is 3. The Hall–Kier alpha value is -1.11. The third-order valence-electron chi connectivity index (χ3n) is 6.21. The fourth-order valence-corrected chi connectivity index (χ4v) is 4.56. The second-order valence-electron chi connectivity index (χ2n) is 8.20. The van der Waals surface area contributed by atoms with Gasteiger partial charge in [0.25, 0.3) is 5.91 Å². The molecule has 4 rings (SSSR count). The standard InChI is InChI=1S/C19H31N5O.ClH/c1-14-5-9-23(10-6-14)12-15-3-2-8-24(13-15)19(25)18-16-11-20-7-4-17(16)21-22-18;/h14-15,20H,2-13H2,1H3,(H,21,22);1H. The molecule has 3 aliphatic rings. The van der Waals surface area contributed by atoms with Crippen LogP contribution in [0.4, 0.5) is 0 Å². The van der Waals surface area contributed by atoms with Gasteiger partial charge in [-0.3, -0.25) is 9.89 Å². The van der Waals surface area contributed by atoms with Crippen LogP contribution in [0.15, 0.2) is 0 Å². The Morgan fingerprint density at radius 2 is 2.04 bits per heavy atom. The predicted molar refractivity (Wildman–Crippen MR) is 105 cm³/mol. The normalized spacial score (nSPS) is 24.8. The van der Waals surface area contributed by atoms with Crippen molar-refractivity contribution in [1.29, 1.82) is 0 Å². The Morgan fingerprint density at radius 3 is 2.85 bits per heavy atom. The summed E-state index contributed by atoms with van der Waals surface area (Å²) in [5, 5.41) is 10.8. The lowest BCUT2D eigenvalue weighted by Crippen LogP contribution is -2.45. The van der Waals surface area contributed by atoms with Crippen LogP contribution in [-0.4, -0.2) is 65.2 Å². The summed E-state index contributed by atoms with van der Waals surface area (Å²) >= 11 is 0. The second kappa shape index (κ2) is 8.72. The van der Waals surface area contributed by atoms with Gasteiger partial charge in [0.2, 0.25) is 0 Å². The summed E-state index contributed by atoms with van der Waals surface area (Å²) < 4.78 is 0. The molecule has 2 fully saturated rings. The quantitative estimate of drug-likeness (QED) is 0.841. The van der Waals surface area contributed by atoms with Crippen LogP contribution in [0.1, 0.15) is 54.4 Å². The second-order valence-corrected chi connectivity index (χ2v) is 8.20. The minimum atomic E-state index is 0. The Labute approximate surface area is 162 Å². The van der Waals surface area contributed by atoms with Crippen molar-refractivity contribution < 1.29 is 4.79 Å². The van der Waals surface area contributed by atoms with Crippen LogP contribution in [0, 0.1) is 11.8 Å². The lowest BCUT2D eigenvalue weighted by atomic mass is 9.94. The Balaban J connectivity index is 0.00000196. The van der Waals surface area contributed by atoms with E-state index < -0.39 is 0 Å². The maximum atomic E-state index is 13.0. The van der Waals surface area contributed by atoms with Crippen molar-refractivity contribution in [2.75, 3.05) is 39.3 Å². The van der Waals surface area contributed by atoms with Crippen LogP contribution in [0.3, 0.4) is 0 Å². The van der Waals surface area contributed by atoms with E-state index in [0.717, 1.165) is 62.7 Å². The molecular weight excluding hydrogens is 350 g/mol. The molecule has 1 unspecified atom stereocenters. The number of hydrogen-bond donors (Lipinski definition) is 2. The molecule has 6 nitrogen and oxygen atoms in total. The highest BCUT2D eigenvalue weighted by Crippen LogP contribution is 2.24. The number of carbonyl (C=O) groups excluding carboxylic acids is 1. The molecule has 26 heavy (non-hydrogen) atoms. The topological polar surface area (TPSA) is 64.3 Å². The van der Waals surface area contributed by atoms with Crippen LogP contribution < -0.4 is 5.32 Å². The highest BCUT2D eigenvalue weighted by molar-refractivity contribution is 5.94. The smallest absolute Gasteiger partial charge is 0.274 e. The molecule has 0 saturated carbocycles. The van der Waals surface area contributed by atoms with E-state index >= 15 is 0 Å². The third kappa shape index (κ3) is 4.24. The number of rotatable bonds is 3. The molecule has 0 radical (unpaired) electrons. The maximum Gasteiger partial charge on any atom is 0.274 e. The molecule has 1 aromatic rings. The summed E-state index contributed by atoms with van der Waals surface area (Å²) in [4.78, 5) is 17.7. The number of nitrogens with one attached hydrogen (secondary N) is 2. The minimum absolute atomic E-state index is 0. The molecule has 2 saturated heterocycles. The molecule has 7 heteroatoms. The van der Waals surface area contributed by atoms with Gasteiger partial charge in [-0.15, -0.1) is 12.4 Å². The first-order valence-electron chi connectivity index (χ1n) is 9.99. The molecule has 2 N–H and O–H groups in total. The number of aromatic nitrogens is 2. The van der Waals surface area contributed by atoms with E-state index in [-0.39, 0.29) is 18.3 Å². The van der Waals surface area contributed by atoms with Crippen molar-refractivity contribution in [1.82, 2.24) is 25.3 Å². The number of carbonyl (C=O) groups is 1. The average Bonchev–Trinajstić information content (AvgIpc) is 3.07. The predicted octanol–water partition coefficient (Wildman–Crippen LogP) is 2.06. The first-order chi connectivity index (χ1) is 12.2.